The van der Waals surface area contributed by atoms with E-state index in [2.05, 4.69) is 24.1 Å². The summed E-state index contributed by atoms with van der Waals surface area (Å²) in [6, 6.07) is 8.04. The van der Waals surface area contributed by atoms with Crippen LogP contribution in [0, 0.1) is 5.92 Å². The molecule has 1 fully saturated rings. The van der Waals surface area contributed by atoms with Gasteiger partial charge in [0.25, 0.3) is 0 Å². The average Bonchev–Trinajstić information content (AvgIpc) is 2.53. The quantitative estimate of drug-likeness (QED) is 0.842. The summed E-state index contributed by atoms with van der Waals surface area (Å²) in [5.74, 6) is 0.341. The fraction of sp³-hybridized carbons (Fsp3) is 0.588. The van der Waals surface area contributed by atoms with Crippen LogP contribution in [0.3, 0.4) is 0 Å². The molecule has 4 heteroatoms. The number of hydrogen-bond donors (Lipinski definition) is 2. The maximum Gasteiger partial charge on any atom is 0.248 e. The van der Waals surface area contributed by atoms with E-state index in [4.69, 9.17) is 5.73 Å². The minimum absolute atomic E-state index is 0.365. The number of carbonyl (C=O) groups is 1. The number of amides is 1. The van der Waals surface area contributed by atoms with Gasteiger partial charge in [-0.25, -0.2) is 0 Å². The van der Waals surface area contributed by atoms with E-state index in [0.717, 1.165) is 18.7 Å². The largest absolute Gasteiger partial charge is 0.366 e. The second-order valence-corrected chi connectivity index (χ2v) is 6.03. The summed E-state index contributed by atoms with van der Waals surface area (Å²) in [6.45, 7) is 8.85. The van der Waals surface area contributed by atoms with Crippen molar-refractivity contribution in [1.82, 2.24) is 10.2 Å². The van der Waals surface area contributed by atoms with Crippen LogP contribution < -0.4 is 11.1 Å². The fourth-order valence-electron chi connectivity index (χ4n) is 3.07. The van der Waals surface area contributed by atoms with Gasteiger partial charge < -0.3 is 16.0 Å². The van der Waals surface area contributed by atoms with E-state index >= 15 is 0 Å². The fourth-order valence-corrected chi connectivity index (χ4v) is 3.07. The van der Waals surface area contributed by atoms with Crippen LogP contribution in [0.25, 0.3) is 0 Å². The van der Waals surface area contributed by atoms with Gasteiger partial charge in [0.15, 0.2) is 0 Å². The molecule has 1 saturated heterocycles. The van der Waals surface area contributed by atoms with Crippen molar-refractivity contribution in [3.8, 4) is 0 Å². The van der Waals surface area contributed by atoms with E-state index in [9.17, 15) is 4.79 Å². The molecular formula is C17H27N3O. The summed E-state index contributed by atoms with van der Waals surface area (Å²) in [5.41, 5.74) is 7.01. The van der Waals surface area contributed by atoms with Crippen LogP contribution in [0.4, 0.5) is 0 Å². The number of nitrogens with two attached hydrogens (primary N) is 1. The number of primary amides is 1. The monoisotopic (exact) mass is 289 g/mol. The zero-order valence-electron chi connectivity index (χ0n) is 13.1. The van der Waals surface area contributed by atoms with E-state index in [1.807, 2.05) is 18.2 Å². The summed E-state index contributed by atoms with van der Waals surface area (Å²) in [7, 11) is 0. The number of hydrogen-bond acceptors (Lipinski definition) is 3. The van der Waals surface area contributed by atoms with Crippen molar-refractivity contribution in [2.24, 2.45) is 11.7 Å². The molecule has 0 saturated carbocycles. The van der Waals surface area contributed by atoms with E-state index in [1.165, 1.54) is 25.9 Å². The lowest BCUT2D eigenvalue weighted by atomic mass is 9.91. The second-order valence-electron chi connectivity index (χ2n) is 6.03. The first kappa shape index (κ1) is 16.0. The van der Waals surface area contributed by atoms with Gasteiger partial charge in [-0.3, -0.25) is 4.79 Å². The number of benzene rings is 1. The first-order chi connectivity index (χ1) is 10.1. The molecular weight excluding hydrogens is 262 g/mol. The Labute approximate surface area is 127 Å². The number of likely N-dealkylation sites (tertiary alicyclic amines) is 1. The van der Waals surface area contributed by atoms with Crippen LogP contribution in [0.1, 0.15) is 42.6 Å². The van der Waals surface area contributed by atoms with Crippen molar-refractivity contribution in [3.63, 3.8) is 0 Å². The lowest BCUT2D eigenvalue weighted by Crippen LogP contribution is -2.44. The summed E-state index contributed by atoms with van der Waals surface area (Å²) in [4.78, 5) is 13.7. The topological polar surface area (TPSA) is 58.4 Å². The molecule has 2 rings (SSSR count). The molecule has 0 aliphatic carbocycles. The van der Waals surface area contributed by atoms with Gasteiger partial charge in [0.05, 0.1) is 0 Å². The van der Waals surface area contributed by atoms with Gasteiger partial charge in [-0.15, -0.1) is 0 Å². The second kappa shape index (κ2) is 7.57. The van der Waals surface area contributed by atoms with Gasteiger partial charge in [0.2, 0.25) is 5.91 Å². The molecule has 1 heterocycles. The SMILES string of the molecule is CCN1CCCC(C(C)NCc2cccc(C(N)=O)c2)C1. The molecule has 1 aliphatic heterocycles. The van der Waals surface area contributed by atoms with Crippen molar-refractivity contribution in [1.29, 1.82) is 0 Å². The zero-order valence-corrected chi connectivity index (χ0v) is 13.1. The minimum Gasteiger partial charge on any atom is -0.366 e. The molecule has 1 aromatic carbocycles. The number of rotatable bonds is 6. The molecule has 2 unspecified atom stereocenters. The number of carbonyl (C=O) groups excluding carboxylic acids is 1. The summed E-state index contributed by atoms with van der Waals surface area (Å²) >= 11 is 0. The van der Waals surface area contributed by atoms with Gasteiger partial charge in [0, 0.05) is 24.7 Å². The van der Waals surface area contributed by atoms with Gasteiger partial charge in [-0.1, -0.05) is 19.1 Å². The highest BCUT2D eigenvalue weighted by Gasteiger charge is 2.23. The van der Waals surface area contributed by atoms with Crippen molar-refractivity contribution in [2.75, 3.05) is 19.6 Å². The van der Waals surface area contributed by atoms with Crippen molar-refractivity contribution >= 4 is 5.91 Å². The molecule has 0 bridgehead atoms. The van der Waals surface area contributed by atoms with Crippen LogP contribution in [-0.4, -0.2) is 36.5 Å². The molecule has 0 aromatic heterocycles. The van der Waals surface area contributed by atoms with E-state index in [1.54, 1.807) is 6.07 Å². The van der Waals surface area contributed by atoms with Crippen LogP contribution in [0.15, 0.2) is 24.3 Å². The molecule has 116 valence electrons. The Balaban J connectivity index is 1.87. The Hall–Kier alpha value is -1.39. The van der Waals surface area contributed by atoms with Crippen LogP contribution in [0.5, 0.6) is 0 Å². The van der Waals surface area contributed by atoms with Crippen molar-refractivity contribution in [3.05, 3.63) is 35.4 Å². The van der Waals surface area contributed by atoms with Crippen molar-refractivity contribution in [2.45, 2.75) is 39.3 Å². The molecule has 0 radical (unpaired) electrons. The van der Waals surface area contributed by atoms with E-state index in [-0.39, 0.29) is 5.91 Å². The lowest BCUT2D eigenvalue weighted by molar-refractivity contribution is 0.1000. The molecule has 2 atom stereocenters. The molecule has 0 spiro atoms. The number of nitrogens with one attached hydrogen (secondary N) is 1. The normalized spacial score (nSPS) is 21.1. The third-order valence-corrected chi connectivity index (χ3v) is 4.54. The minimum atomic E-state index is -0.365. The Bertz CT molecular complexity index is 475. The zero-order chi connectivity index (χ0) is 15.2. The smallest absolute Gasteiger partial charge is 0.248 e. The van der Waals surface area contributed by atoms with Gasteiger partial charge in [-0.05, 0) is 56.5 Å². The predicted molar refractivity (Wildman–Crippen MR) is 86.1 cm³/mol. The Morgan fingerprint density at radius 3 is 3.05 bits per heavy atom. The Kier molecular flexibility index (Phi) is 5.76. The predicted octanol–water partition coefficient (Wildman–Crippen LogP) is 2.00. The first-order valence-electron chi connectivity index (χ1n) is 7.94. The Morgan fingerprint density at radius 2 is 2.33 bits per heavy atom. The Morgan fingerprint density at radius 1 is 1.52 bits per heavy atom. The number of piperidine rings is 1. The highest BCUT2D eigenvalue weighted by atomic mass is 16.1. The van der Waals surface area contributed by atoms with Crippen LogP contribution in [-0.2, 0) is 6.54 Å². The van der Waals surface area contributed by atoms with Crippen LogP contribution >= 0.6 is 0 Å². The lowest BCUT2D eigenvalue weighted by Gasteiger charge is -2.35. The van der Waals surface area contributed by atoms with E-state index < -0.39 is 0 Å². The molecule has 1 aromatic rings. The molecule has 4 nitrogen and oxygen atoms in total. The number of nitrogens with zero attached hydrogens (tertiary/aromatic N) is 1. The molecule has 1 amide bonds. The first-order valence-corrected chi connectivity index (χ1v) is 7.94. The standard InChI is InChI=1S/C17H27N3O/c1-3-20-9-5-8-16(12-20)13(2)19-11-14-6-4-7-15(10-14)17(18)21/h4,6-7,10,13,16,19H,3,5,8-9,11-12H2,1-2H3,(H2,18,21). The van der Waals surface area contributed by atoms with Crippen LogP contribution in [0.2, 0.25) is 0 Å². The van der Waals surface area contributed by atoms with Gasteiger partial charge >= 0.3 is 0 Å². The molecule has 3 N–H and O–H groups in total. The third-order valence-electron chi connectivity index (χ3n) is 4.54. The third kappa shape index (κ3) is 4.55. The maximum absolute atomic E-state index is 11.2. The molecule has 1 aliphatic rings. The highest BCUT2D eigenvalue weighted by Crippen LogP contribution is 2.19. The average molecular weight is 289 g/mol. The van der Waals surface area contributed by atoms with Gasteiger partial charge in [0.1, 0.15) is 0 Å². The highest BCUT2D eigenvalue weighted by molar-refractivity contribution is 5.92. The van der Waals surface area contributed by atoms with Gasteiger partial charge in [-0.2, -0.15) is 0 Å². The summed E-state index contributed by atoms with van der Waals surface area (Å²) < 4.78 is 0. The van der Waals surface area contributed by atoms with E-state index in [0.29, 0.717) is 17.5 Å². The summed E-state index contributed by atoms with van der Waals surface area (Å²) in [5, 5.41) is 3.60. The molecule has 21 heavy (non-hydrogen) atoms. The van der Waals surface area contributed by atoms with Crippen molar-refractivity contribution < 1.29 is 4.79 Å². The summed E-state index contributed by atoms with van der Waals surface area (Å²) in [6.07, 6.45) is 2.59. The maximum atomic E-state index is 11.2.